The van der Waals surface area contributed by atoms with E-state index in [-0.39, 0.29) is 0 Å². The molecule has 2 N–H and O–H groups in total. The lowest BCUT2D eigenvalue weighted by Gasteiger charge is -2.37. The molecule has 0 radical (unpaired) electrons. The Morgan fingerprint density at radius 1 is 0.875 bits per heavy atom. The molecule has 0 bridgehead atoms. The highest BCUT2D eigenvalue weighted by atomic mass is 32.1. The minimum absolute atomic E-state index is 0.769. The molecule has 0 spiro atoms. The molecule has 2 atom stereocenters. The molecule has 0 unspecified atom stereocenters. The predicted molar refractivity (Wildman–Crippen MR) is 67.8 cm³/mol. The first-order chi connectivity index (χ1) is 7.46. The molecule has 2 rings (SSSR count). The summed E-state index contributed by atoms with van der Waals surface area (Å²) in [5.74, 6) is 0. The summed E-state index contributed by atoms with van der Waals surface area (Å²) < 4.78 is 0. The Morgan fingerprint density at radius 2 is 1.25 bits per heavy atom. The molecule has 0 aliphatic carbocycles. The number of aliphatic hydroxyl groups is 2. The van der Waals surface area contributed by atoms with Crippen molar-refractivity contribution >= 4 is 22.7 Å². The number of thiophene rings is 2. The SMILES string of the molecule is C[C@](O)(c1cccs1)[C@@](C)(O)c1cccs1. The van der Waals surface area contributed by atoms with Crippen LogP contribution in [-0.4, -0.2) is 10.2 Å². The molecular formula is C12H14O2S2. The minimum atomic E-state index is -1.27. The van der Waals surface area contributed by atoms with E-state index in [1.165, 1.54) is 22.7 Å². The van der Waals surface area contributed by atoms with Gasteiger partial charge in [0.2, 0.25) is 0 Å². The van der Waals surface area contributed by atoms with Crippen LogP contribution in [0.1, 0.15) is 23.6 Å². The van der Waals surface area contributed by atoms with E-state index in [9.17, 15) is 10.2 Å². The maximum atomic E-state index is 10.5. The summed E-state index contributed by atoms with van der Waals surface area (Å²) >= 11 is 2.90. The minimum Gasteiger partial charge on any atom is -0.381 e. The second kappa shape index (κ2) is 3.96. The molecule has 2 nitrogen and oxygen atoms in total. The summed E-state index contributed by atoms with van der Waals surface area (Å²) in [6, 6.07) is 7.43. The summed E-state index contributed by atoms with van der Waals surface area (Å²) in [6.45, 7) is 3.30. The highest BCUT2D eigenvalue weighted by molar-refractivity contribution is 7.10. The monoisotopic (exact) mass is 254 g/mol. The third kappa shape index (κ3) is 1.72. The van der Waals surface area contributed by atoms with Gasteiger partial charge in [-0.1, -0.05) is 12.1 Å². The van der Waals surface area contributed by atoms with Crippen LogP contribution in [0.2, 0.25) is 0 Å². The molecule has 2 aromatic heterocycles. The van der Waals surface area contributed by atoms with Crippen molar-refractivity contribution < 1.29 is 10.2 Å². The van der Waals surface area contributed by atoms with Crippen molar-refractivity contribution in [3.8, 4) is 0 Å². The first-order valence-electron chi connectivity index (χ1n) is 4.99. The van der Waals surface area contributed by atoms with Gasteiger partial charge in [0.05, 0.1) is 0 Å². The highest BCUT2D eigenvalue weighted by Crippen LogP contribution is 2.43. The molecule has 0 amide bonds. The largest absolute Gasteiger partial charge is 0.381 e. The standard InChI is InChI=1S/C12H14O2S2/c1-11(13,9-5-3-7-15-9)12(2,14)10-6-4-8-16-10/h3-8,13-14H,1-2H3/t11-,12-/m0/s1. The third-order valence-corrected chi connectivity index (χ3v) is 5.11. The van der Waals surface area contributed by atoms with Crippen molar-refractivity contribution in [1.29, 1.82) is 0 Å². The molecular weight excluding hydrogens is 240 g/mol. The highest BCUT2D eigenvalue weighted by Gasteiger charge is 2.45. The number of hydrogen-bond donors (Lipinski definition) is 2. The van der Waals surface area contributed by atoms with Crippen LogP contribution in [0.3, 0.4) is 0 Å². The van der Waals surface area contributed by atoms with Gasteiger partial charge in [-0.25, -0.2) is 0 Å². The summed E-state index contributed by atoms with van der Waals surface area (Å²) in [7, 11) is 0. The second-order valence-corrected chi connectivity index (χ2v) is 5.99. The fourth-order valence-electron chi connectivity index (χ4n) is 1.59. The Morgan fingerprint density at radius 3 is 1.50 bits per heavy atom. The first-order valence-corrected chi connectivity index (χ1v) is 6.75. The molecule has 86 valence electrons. The lowest BCUT2D eigenvalue weighted by atomic mass is 9.83. The summed E-state index contributed by atoms with van der Waals surface area (Å²) in [6.07, 6.45) is 0. The third-order valence-electron chi connectivity index (χ3n) is 2.95. The van der Waals surface area contributed by atoms with E-state index in [4.69, 9.17) is 0 Å². The normalized spacial score (nSPS) is 19.0. The zero-order valence-electron chi connectivity index (χ0n) is 9.18. The molecule has 2 heterocycles. The van der Waals surface area contributed by atoms with Gasteiger partial charge >= 0.3 is 0 Å². The van der Waals surface area contributed by atoms with E-state index in [0.29, 0.717) is 0 Å². The van der Waals surface area contributed by atoms with Crippen LogP contribution < -0.4 is 0 Å². The molecule has 4 heteroatoms. The van der Waals surface area contributed by atoms with E-state index in [1.807, 2.05) is 35.0 Å². The van der Waals surface area contributed by atoms with Gasteiger partial charge in [0, 0.05) is 9.75 Å². The van der Waals surface area contributed by atoms with Gasteiger partial charge in [-0.2, -0.15) is 0 Å². The lowest BCUT2D eigenvalue weighted by Crippen LogP contribution is -2.43. The van der Waals surface area contributed by atoms with Gasteiger partial charge in [-0.15, -0.1) is 22.7 Å². The van der Waals surface area contributed by atoms with E-state index < -0.39 is 11.2 Å². The Balaban J connectivity index is 2.44. The van der Waals surface area contributed by atoms with Gasteiger partial charge in [0.25, 0.3) is 0 Å². The fourth-order valence-corrected chi connectivity index (χ4v) is 3.37. The van der Waals surface area contributed by atoms with E-state index in [1.54, 1.807) is 13.8 Å². The van der Waals surface area contributed by atoms with Crippen molar-refractivity contribution in [2.24, 2.45) is 0 Å². The van der Waals surface area contributed by atoms with Crippen molar-refractivity contribution in [2.45, 2.75) is 25.0 Å². The van der Waals surface area contributed by atoms with Crippen molar-refractivity contribution in [3.63, 3.8) is 0 Å². The molecule has 0 aliphatic heterocycles. The molecule has 2 aromatic rings. The Bertz CT molecular complexity index is 397. The molecule has 0 saturated carbocycles. The van der Waals surface area contributed by atoms with Crippen LogP contribution in [0, 0.1) is 0 Å². The maximum Gasteiger partial charge on any atom is 0.129 e. The topological polar surface area (TPSA) is 40.5 Å². The van der Waals surface area contributed by atoms with Crippen LogP contribution >= 0.6 is 22.7 Å². The van der Waals surface area contributed by atoms with Crippen molar-refractivity contribution in [3.05, 3.63) is 44.8 Å². The van der Waals surface area contributed by atoms with E-state index in [0.717, 1.165) is 9.75 Å². The fraction of sp³-hybridized carbons (Fsp3) is 0.333. The zero-order valence-corrected chi connectivity index (χ0v) is 10.8. The number of hydrogen-bond acceptors (Lipinski definition) is 4. The van der Waals surface area contributed by atoms with Crippen LogP contribution in [-0.2, 0) is 11.2 Å². The van der Waals surface area contributed by atoms with Gasteiger partial charge in [-0.05, 0) is 36.7 Å². The van der Waals surface area contributed by atoms with Gasteiger partial charge in [-0.3, -0.25) is 0 Å². The van der Waals surface area contributed by atoms with Gasteiger partial charge in [0.15, 0.2) is 0 Å². The van der Waals surface area contributed by atoms with E-state index in [2.05, 4.69) is 0 Å². The Hall–Kier alpha value is -0.680. The molecule has 0 saturated heterocycles. The second-order valence-electron chi connectivity index (χ2n) is 4.10. The maximum absolute atomic E-state index is 10.5. The number of rotatable bonds is 3. The first kappa shape index (κ1) is 11.8. The van der Waals surface area contributed by atoms with Gasteiger partial charge < -0.3 is 10.2 Å². The molecule has 0 fully saturated rings. The van der Waals surface area contributed by atoms with Crippen LogP contribution in [0.25, 0.3) is 0 Å². The Labute approximate surface area is 103 Å². The van der Waals surface area contributed by atoms with Crippen LogP contribution in [0.5, 0.6) is 0 Å². The predicted octanol–water partition coefficient (Wildman–Crippen LogP) is 2.92. The molecule has 0 aromatic carbocycles. The molecule has 0 aliphatic rings. The van der Waals surface area contributed by atoms with Crippen molar-refractivity contribution in [2.75, 3.05) is 0 Å². The van der Waals surface area contributed by atoms with Crippen LogP contribution in [0.4, 0.5) is 0 Å². The van der Waals surface area contributed by atoms with E-state index >= 15 is 0 Å². The van der Waals surface area contributed by atoms with Crippen LogP contribution in [0.15, 0.2) is 35.0 Å². The average Bonchev–Trinajstić information content (AvgIpc) is 2.91. The smallest absolute Gasteiger partial charge is 0.129 e. The zero-order chi connectivity index (χ0) is 11.8. The quantitative estimate of drug-likeness (QED) is 0.884. The lowest BCUT2D eigenvalue weighted by molar-refractivity contribution is -0.138. The molecule has 16 heavy (non-hydrogen) atoms. The summed E-state index contributed by atoms with van der Waals surface area (Å²) in [5.41, 5.74) is -2.54. The Kier molecular flexibility index (Phi) is 2.92. The summed E-state index contributed by atoms with van der Waals surface area (Å²) in [5, 5.41) is 24.9. The van der Waals surface area contributed by atoms with Crippen molar-refractivity contribution in [1.82, 2.24) is 0 Å². The van der Waals surface area contributed by atoms with Gasteiger partial charge in [0.1, 0.15) is 11.2 Å². The summed E-state index contributed by atoms with van der Waals surface area (Å²) in [4.78, 5) is 1.54. The average molecular weight is 254 g/mol.